The number of nitrogens with zero attached hydrogens (tertiary/aromatic N) is 1. The topological polar surface area (TPSA) is 104 Å². The molecular weight excluding hydrogens is 599 g/mol. The summed E-state index contributed by atoms with van der Waals surface area (Å²) in [4.78, 5) is 12.5. The van der Waals surface area contributed by atoms with E-state index in [2.05, 4.69) is 6.07 Å². The SMILES string of the molecule is Cc1cc(Cl)ccc1OCC(=O)Oc1ccc2c(c1)OC(N)=C(C#N)C2c1ccc(OCc2ccc(Cl)cc2Cl)cc1. The van der Waals surface area contributed by atoms with Gasteiger partial charge in [-0.2, -0.15) is 5.26 Å². The minimum Gasteiger partial charge on any atom is -0.489 e. The second-order valence-electron chi connectivity index (χ2n) is 9.39. The Balaban J connectivity index is 1.30. The van der Waals surface area contributed by atoms with Gasteiger partial charge in [0.2, 0.25) is 5.88 Å². The summed E-state index contributed by atoms with van der Waals surface area (Å²) in [5.41, 5.74) is 9.49. The number of carbonyl (C=O) groups excluding carboxylic acids is 1. The van der Waals surface area contributed by atoms with Crippen LogP contribution in [0.5, 0.6) is 23.0 Å². The van der Waals surface area contributed by atoms with Crippen molar-refractivity contribution in [2.45, 2.75) is 19.4 Å². The monoisotopic (exact) mass is 620 g/mol. The van der Waals surface area contributed by atoms with E-state index in [1.54, 1.807) is 60.7 Å². The summed E-state index contributed by atoms with van der Waals surface area (Å²) in [6, 6.07) is 24.7. The van der Waals surface area contributed by atoms with Crippen LogP contribution in [0.2, 0.25) is 15.1 Å². The molecule has 1 atom stereocenters. The first kappa shape index (κ1) is 29.2. The lowest BCUT2D eigenvalue weighted by Gasteiger charge is -2.26. The number of benzene rings is 4. The summed E-state index contributed by atoms with van der Waals surface area (Å²) >= 11 is 18.2. The summed E-state index contributed by atoms with van der Waals surface area (Å²) in [6.45, 7) is 1.79. The van der Waals surface area contributed by atoms with Crippen molar-refractivity contribution < 1.29 is 23.7 Å². The van der Waals surface area contributed by atoms with Crippen LogP contribution in [0.15, 0.2) is 90.3 Å². The number of esters is 1. The minimum atomic E-state index is -0.603. The van der Waals surface area contributed by atoms with E-state index in [-0.39, 0.29) is 30.4 Å². The van der Waals surface area contributed by atoms with Crippen molar-refractivity contribution in [1.29, 1.82) is 5.26 Å². The van der Waals surface area contributed by atoms with Crippen LogP contribution in [0.25, 0.3) is 0 Å². The highest BCUT2D eigenvalue weighted by molar-refractivity contribution is 6.35. The van der Waals surface area contributed by atoms with Gasteiger partial charge in [-0.3, -0.25) is 0 Å². The van der Waals surface area contributed by atoms with Crippen LogP contribution in [0.3, 0.4) is 0 Å². The van der Waals surface area contributed by atoms with Crippen molar-refractivity contribution >= 4 is 40.8 Å². The van der Waals surface area contributed by atoms with E-state index in [4.69, 9.17) is 59.5 Å². The van der Waals surface area contributed by atoms with Crippen LogP contribution < -0.4 is 24.7 Å². The highest BCUT2D eigenvalue weighted by Crippen LogP contribution is 2.43. The van der Waals surface area contributed by atoms with E-state index < -0.39 is 11.9 Å². The Bertz CT molecular complexity index is 1730. The van der Waals surface area contributed by atoms with E-state index >= 15 is 0 Å². The molecule has 212 valence electrons. The number of rotatable bonds is 8. The first-order valence-electron chi connectivity index (χ1n) is 12.7. The molecule has 0 spiro atoms. The number of hydrogen-bond donors (Lipinski definition) is 1. The lowest BCUT2D eigenvalue weighted by molar-refractivity contribution is -0.136. The van der Waals surface area contributed by atoms with Crippen molar-refractivity contribution in [2.75, 3.05) is 6.61 Å². The first-order chi connectivity index (χ1) is 20.2. The van der Waals surface area contributed by atoms with Crippen molar-refractivity contribution in [2.24, 2.45) is 5.73 Å². The molecule has 7 nitrogen and oxygen atoms in total. The van der Waals surface area contributed by atoms with E-state index in [0.29, 0.717) is 37.9 Å². The lowest BCUT2D eigenvalue weighted by atomic mass is 9.83. The Morgan fingerprint density at radius 3 is 2.36 bits per heavy atom. The smallest absolute Gasteiger partial charge is 0.349 e. The Morgan fingerprint density at radius 1 is 0.929 bits per heavy atom. The lowest BCUT2D eigenvalue weighted by Crippen LogP contribution is -2.21. The molecule has 0 radical (unpaired) electrons. The number of allylic oxidation sites excluding steroid dienone is 1. The third-order valence-corrected chi connectivity index (χ3v) is 7.35. The van der Waals surface area contributed by atoms with Gasteiger partial charge in [0.1, 0.15) is 41.2 Å². The molecule has 1 aliphatic rings. The summed E-state index contributed by atoms with van der Waals surface area (Å²) in [7, 11) is 0. The fourth-order valence-electron chi connectivity index (χ4n) is 4.47. The van der Waals surface area contributed by atoms with Crippen molar-refractivity contribution in [1.82, 2.24) is 0 Å². The second kappa shape index (κ2) is 12.7. The molecule has 1 unspecified atom stereocenters. The maximum absolute atomic E-state index is 12.5. The highest BCUT2D eigenvalue weighted by Gasteiger charge is 2.31. The van der Waals surface area contributed by atoms with Crippen LogP contribution in [0.4, 0.5) is 0 Å². The van der Waals surface area contributed by atoms with Crippen molar-refractivity contribution in [3.05, 3.63) is 128 Å². The molecule has 0 amide bonds. The number of halogens is 3. The number of nitriles is 1. The maximum atomic E-state index is 12.5. The molecule has 0 aromatic heterocycles. The predicted molar refractivity (Wildman–Crippen MR) is 160 cm³/mol. The Morgan fingerprint density at radius 2 is 1.64 bits per heavy atom. The van der Waals surface area contributed by atoms with Gasteiger partial charge in [0.05, 0.1) is 5.92 Å². The Kier molecular flexibility index (Phi) is 8.79. The van der Waals surface area contributed by atoms with E-state index in [0.717, 1.165) is 16.7 Å². The van der Waals surface area contributed by atoms with E-state index in [1.165, 1.54) is 0 Å². The molecule has 0 aliphatic carbocycles. The van der Waals surface area contributed by atoms with Gasteiger partial charge in [-0.25, -0.2) is 4.79 Å². The molecule has 5 rings (SSSR count). The third-order valence-electron chi connectivity index (χ3n) is 6.53. The average Bonchev–Trinajstić information content (AvgIpc) is 2.96. The molecule has 42 heavy (non-hydrogen) atoms. The van der Waals surface area contributed by atoms with Crippen LogP contribution in [0, 0.1) is 18.3 Å². The fourth-order valence-corrected chi connectivity index (χ4v) is 5.16. The average molecular weight is 622 g/mol. The zero-order valence-corrected chi connectivity index (χ0v) is 24.5. The molecular formula is C32H23Cl3N2O5. The number of fused-ring (bicyclic) bond motifs is 1. The number of nitrogens with two attached hydrogens (primary N) is 1. The molecule has 1 heterocycles. The molecule has 4 aromatic carbocycles. The van der Waals surface area contributed by atoms with Gasteiger partial charge in [0, 0.05) is 32.3 Å². The van der Waals surface area contributed by atoms with Crippen LogP contribution in [-0.2, 0) is 11.4 Å². The van der Waals surface area contributed by atoms with Gasteiger partial charge >= 0.3 is 5.97 Å². The number of carbonyl (C=O) groups is 1. The van der Waals surface area contributed by atoms with Gasteiger partial charge in [-0.15, -0.1) is 0 Å². The van der Waals surface area contributed by atoms with Gasteiger partial charge in [0.25, 0.3) is 0 Å². The third kappa shape index (κ3) is 6.58. The van der Waals surface area contributed by atoms with Crippen molar-refractivity contribution in [3.8, 4) is 29.1 Å². The van der Waals surface area contributed by atoms with Crippen molar-refractivity contribution in [3.63, 3.8) is 0 Å². The second-order valence-corrected chi connectivity index (χ2v) is 10.7. The minimum absolute atomic E-state index is 0.0299. The predicted octanol–water partition coefficient (Wildman–Crippen LogP) is 7.74. The van der Waals surface area contributed by atoms with E-state index in [1.807, 2.05) is 25.1 Å². The number of aryl methyl sites for hydroxylation is 1. The Hall–Kier alpha value is -4.35. The summed E-state index contributed by atoms with van der Waals surface area (Å²) in [5, 5.41) is 11.5. The molecule has 0 fully saturated rings. The zero-order valence-electron chi connectivity index (χ0n) is 22.2. The van der Waals surface area contributed by atoms with Crippen LogP contribution in [-0.4, -0.2) is 12.6 Å². The van der Waals surface area contributed by atoms with Gasteiger partial charge < -0.3 is 24.7 Å². The molecule has 1 aliphatic heterocycles. The molecule has 0 saturated carbocycles. The van der Waals surface area contributed by atoms with Crippen LogP contribution in [0.1, 0.15) is 28.2 Å². The number of hydrogen-bond acceptors (Lipinski definition) is 7. The summed E-state index contributed by atoms with van der Waals surface area (Å²) in [6.07, 6.45) is 0. The van der Waals surface area contributed by atoms with Gasteiger partial charge in [-0.1, -0.05) is 59.1 Å². The molecule has 0 saturated heterocycles. The summed E-state index contributed by atoms with van der Waals surface area (Å²) < 4.78 is 22.7. The van der Waals surface area contributed by atoms with Gasteiger partial charge in [-0.05, 0) is 66.6 Å². The molecule has 4 aromatic rings. The Labute approximate surface area is 257 Å². The summed E-state index contributed by atoms with van der Waals surface area (Å²) in [5.74, 6) is 0.622. The van der Waals surface area contributed by atoms with Crippen LogP contribution >= 0.6 is 34.8 Å². The molecule has 10 heteroatoms. The number of ether oxygens (including phenoxy) is 4. The maximum Gasteiger partial charge on any atom is 0.349 e. The largest absolute Gasteiger partial charge is 0.489 e. The van der Waals surface area contributed by atoms with E-state index in [9.17, 15) is 10.1 Å². The highest BCUT2D eigenvalue weighted by atomic mass is 35.5. The normalized spacial score (nSPS) is 13.9. The van der Waals surface area contributed by atoms with Gasteiger partial charge in [0.15, 0.2) is 6.61 Å². The molecule has 0 bridgehead atoms. The standard InChI is InChI=1S/C32H23Cl3N2O5/c1-18-12-21(33)6-11-28(18)40-17-30(38)41-24-9-10-25-29(14-24)42-32(37)26(15-36)31(25)19-3-7-23(8-4-19)39-16-20-2-5-22(34)13-27(20)35/h2-14,31H,16-17,37H2,1H3. The molecule has 2 N–H and O–H groups in total. The quantitative estimate of drug-likeness (QED) is 0.159. The zero-order chi connectivity index (χ0) is 29.8. The fraction of sp³-hybridized carbons (Fsp3) is 0.125. The first-order valence-corrected chi connectivity index (χ1v) is 13.8.